The van der Waals surface area contributed by atoms with Crippen molar-refractivity contribution in [3.05, 3.63) is 56.8 Å². The fourth-order valence-electron chi connectivity index (χ4n) is 2.30. The number of nitrogens with one attached hydrogen (secondary N) is 1. The summed E-state index contributed by atoms with van der Waals surface area (Å²) in [5.41, 5.74) is 1.58. The molecule has 21 heavy (non-hydrogen) atoms. The first kappa shape index (κ1) is 14.4. The Morgan fingerprint density at radius 3 is 2.86 bits per heavy atom. The van der Waals surface area contributed by atoms with Gasteiger partial charge in [0.2, 0.25) is 0 Å². The normalized spacial score (nSPS) is 12.5. The standard InChI is InChI=1S/C16H15BrN2OS/c1-10(15-4-3-7-21-15)19(2)16(20)14-8-11-5-6-12(17)9-13(11)18-14/h3-10,18H,1-2H3. The van der Waals surface area contributed by atoms with Gasteiger partial charge in [-0.2, -0.15) is 0 Å². The molecule has 108 valence electrons. The summed E-state index contributed by atoms with van der Waals surface area (Å²) in [7, 11) is 1.84. The summed E-state index contributed by atoms with van der Waals surface area (Å²) >= 11 is 5.11. The summed E-state index contributed by atoms with van der Waals surface area (Å²) in [4.78, 5) is 18.8. The molecule has 1 amide bonds. The van der Waals surface area contributed by atoms with E-state index in [2.05, 4.69) is 27.0 Å². The number of aromatic amines is 1. The van der Waals surface area contributed by atoms with Gasteiger partial charge in [0.1, 0.15) is 5.69 Å². The number of rotatable bonds is 3. The van der Waals surface area contributed by atoms with Gasteiger partial charge in [-0.25, -0.2) is 0 Å². The van der Waals surface area contributed by atoms with Gasteiger partial charge in [-0.15, -0.1) is 11.3 Å². The van der Waals surface area contributed by atoms with Crippen LogP contribution in [0.3, 0.4) is 0 Å². The fourth-order valence-corrected chi connectivity index (χ4v) is 3.49. The minimum absolute atomic E-state index is 0.00298. The van der Waals surface area contributed by atoms with E-state index in [1.807, 2.05) is 49.7 Å². The molecule has 3 aromatic rings. The monoisotopic (exact) mass is 362 g/mol. The fraction of sp³-hybridized carbons (Fsp3) is 0.188. The van der Waals surface area contributed by atoms with Crippen molar-refractivity contribution in [2.75, 3.05) is 7.05 Å². The molecular weight excluding hydrogens is 348 g/mol. The van der Waals surface area contributed by atoms with Crippen molar-refractivity contribution in [1.29, 1.82) is 0 Å². The van der Waals surface area contributed by atoms with E-state index in [1.54, 1.807) is 16.2 Å². The zero-order chi connectivity index (χ0) is 15.0. The first-order valence-electron chi connectivity index (χ1n) is 6.65. The summed E-state index contributed by atoms with van der Waals surface area (Å²) in [6.07, 6.45) is 0. The first-order valence-corrected chi connectivity index (χ1v) is 8.32. The maximum Gasteiger partial charge on any atom is 0.270 e. The van der Waals surface area contributed by atoms with Crippen molar-refractivity contribution in [1.82, 2.24) is 9.88 Å². The molecule has 2 heterocycles. The van der Waals surface area contributed by atoms with Crippen LogP contribution >= 0.6 is 27.3 Å². The van der Waals surface area contributed by atoms with E-state index >= 15 is 0 Å². The van der Waals surface area contributed by atoms with E-state index in [9.17, 15) is 4.79 Å². The van der Waals surface area contributed by atoms with Crippen molar-refractivity contribution in [3.8, 4) is 0 Å². The van der Waals surface area contributed by atoms with Gasteiger partial charge < -0.3 is 9.88 Å². The smallest absolute Gasteiger partial charge is 0.270 e. The molecule has 2 aromatic heterocycles. The largest absolute Gasteiger partial charge is 0.350 e. The second kappa shape index (κ2) is 5.66. The van der Waals surface area contributed by atoms with Gasteiger partial charge in [0.15, 0.2) is 0 Å². The number of nitrogens with zero attached hydrogens (tertiary/aromatic N) is 1. The number of H-pyrrole nitrogens is 1. The van der Waals surface area contributed by atoms with Gasteiger partial charge in [0.05, 0.1) is 6.04 Å². The molecule has 0 aliphatic heterocycles. The molecule has 3 nitrogen and oxygen atoms in total. The number of benzene rings is 1. The molecule has 3 rings (SSSR count). The van der Waals surface area contributed by atoms with Crippen LogP contribution < -0.4 is 0 Å². The summed E-state index contributed by atoms with van der Waals surface area (Å²) in [5.74, 6) is 0.00298. The highest BCUT2D eigenvalue weighted by molar-refractivity contribution is 9.10. The maximum atomic E-state index is 12.6. The van der Waals surface area contributed by atoms with E-state index < -0.39 is 0 Å². The van der Waals surface area contributed by atoms with Gasteiger partial charge >= 0.3 is 0 Å². The van der Waals surface area contributed by atoms with Gasteiger partial charge in [-0.05, 0) is 36.6 Å². The number of hydrogen-bond acceptors (Lipinski definition) is 2. The van der Waals surface area contributed by atoms with Crippen LogP contribution in [0.1, 0.15) is 28.3 Å². The Bertz CT molecular complexity index is 779. The van der Waals surface area contributed by atoms with Crippen molar-refractivity contribution in [2.45, 2.75) is 13.0 Å². The maximum absolute atomic E-state index is 12.6. The average molecular weight is 363 g/mol. The minimum atomic E-state index is 0.00298. The number of hydrogen-bond donors (Lipinski definition) is 1. The minimum Gasteiger partial charge on any atom is -0.350 e. The van der Waals surface area contributed by atoms with E-state index in [-0.39, 0.29) is 11.9 Å². The lowest BCUT2D eigenvalue weighted by Crippen LogP contribution is -2.29. The van der Waals surface area contributed by atoms with Gasteiger partial charge in [-0.3, -0.25) is 4.79 Å². The van der Waals surface area contributed by atoms with E-state index in [0.717, 1.165) is 15.4 Å². The quantitative estimate of drug-likeness (QED) is 0.711. The molecule has 1 unspecified atom stereocenters. The van der Waals surface area contributed by atoms with E-state index in [0.29, 0.717) is 5.69 Å². The molecule has 1 atom stereocenters. The molecule has 1 N–H and O–H groups in total. The Kier molecular flexibility index (Phi) is 3.87. The third-order valence-electron chi connectivity index (χ3n) is 3.67. The number of fused-ring (bicyclic) bond motifs is 1. The van der Waals surface area contributed by atoms with Crippen LogP contribution in [0.4, 0.5) is 0 Å². The first-order chi connectivity index (χ1) is 10.1. The highest BCUT2D eigenvalue weighted by Crippen LogP contribution is 2.26. The lowest BCUT2D eigenvalue weighted by Gasteiger charge is -2.23. The summed E-state index contributed by atoms with van der Waals surface area (Å²) < 4.78 is 0.996. The zero-order valence-corrected chi connectivity index (χ0v) is 14.2. The molecule has 0 aliphatic carbocycles. The number of halogens is 1. The highest BCUT2D eigenvalue weighted by atomic mass is 79.9. The summed E-state index contributed by atoms with van der Waals surface area (Å²) in [6, 6.07) is 12.0. The molecule has 0 saturated heterocycles. The van der Waals surface area contributed by atoms with Gasteiger partial charge in [-0.1, -0.05) is 28.1 Å². The van der Waals surface area contributed by atoms with Crippen molar-refractivity contribution < 1.29 is 4.79 Å². The number of carbonyl (C=O) groups excluding carboxylic acids is 1. The predicted molar refractivity (Wildman–Crippen MR) is 90.8 cm³/mol. The Morgan fingerprint density at radius 2 is 2.14 bits per heavy atom. The van der Waals surface area contributed by atoms with Crippen molar-refractivity contribution in [2.24, 2.45) is 0 Å². The van der Waals surface area contributed by atoms with Crippen LogP contribution in [0.2, 0.25) is 0 Å². The topological polar surface area (TPSA) is 36.1 Å². The van der Waals surface area contributed by atoms with Crippen LogP contribution in [-0.4, -0.2) is 22.8 Å². The summed E-state index contributed by atoms with van der Waals surface area (Å²) in [5, 5.41) is 3.07. The molecule has 1 aromatic carbocycles. The van der Waals surface area contributed by atoms with Crippen LogP contribution in [0.15, 0.2) is 46.3 Å². The highest BCUT2D eigenvalue weighted by Gasteiger charge is 2.21. The van der Waals surface area contributed by atoms with E-state index in [4.69, 9.17) is 0 Å². The molecule has 0 aliphatic rings. The van der Waals surface area contributed by atoms with E-state index in [1.165, 1.54) is 4.88 Å². The molecule has 0 radical (unpaired) electrons. The summed E-state index contributed by atoms with van der Waals surface area (Å²) in [6.45, 7) is 2.04. The predicted octanol–water partition coefficient (Wildman–Crippen LogP) is 4.83. The lowest BCUT2D eigenvalue weighted by molar-refractivity contribution is 0.0740. The zero-order valence-electron chi connectivity index (χ0n) is 11.8. The number of carbonyl (C=O) groups is 1. The van der Waals surface area contributed by atoms with Gasteiger partial charge in [0, 0.05) is 27.3 Å². The Balaban J connectivity index is 1.89. The van der Waals surface area contributed by atoms with Crippen molar-refractivity contribution in [3.63, 3.8) is 0 Å². The Morgan fingerprint density at radius 1 is 1.33 bits per heavy atom. The Hall–Kier alpha value is -1.59. The van der Waals surface area contributed by atoms with Crippen LogP contribution in [0.5, 0.6) is 0 Å². The molecule has 5 heteroatoms. The SMILES string of the molecule is CC(c1cccs1)N(C)C(=O)c1cc2ccc(Br)cc2[nH]1. The molecule has 0 fully saturated rings. The second-order valence-corrected chi connectivity index (χ2v) is 6.92. The van der Waals surface area contributed by atoms with Crippen LogP contribution in [0, 0.1) is 0 Å². The third kappa shape index (κ3) is 2.76. The van der Waals surface area contributed by atoms with Crippen LogP contribution in [-0.2, 0) is 0 Å². The molecule has 0 saturated carbocycles. The lowest BCUT2D eigenvalue weighted by atomic mass is 10.2. The Labute approximate surface area is 135 Å². The van der Waals surface area contributed by atoms with Gasteiger partial charge in [0.25, 0.3) is 5.91 Å². The second-order valence-electron chi connectivity index (χ2n) is 5.02. The average Bonchev–Trinajstić information content (AvgIpc) is 3.13. The molecule has 0 spiro atoms. The molecular formula is C16H15BrN2OS. The number of aromatic nitrogens is 1. The van der Waals surface area contributed by atoms with Crippen LogP contribution in [0.25, 0.3) is 10.9 Å². The number of thiophene rings is 1. The molecule has 0 bridgehead atoms. The van der Waals surface area contributed by atoms with Crippen molar-refractivity contribution >= 4 is 44.1 Å². The number of amides is 1. The third-order valence-corrected chi connectivity index (χ3v) is 5.21.